The van der Waals surface area contributed by atoms with Crippen LogP contribution in [0.5, 0.6) is 0 Å². The summed E-state index contributed by atoms with van der Waals surface area (Å²) in [6.07, 6.45) is 0.419. The normalized spacial score (nSPS) is 16.1. The molecule has 2 aromatic carbocycles. The number of hydrogen-bond donors (Lipinski definition) is 0. The number of aromatic nitrogens is 2. The minimum Gasteiger partial charge on any atom is -0.444 e. The molecule has 1 aliphatic rings. The van der Waals surface area contributed by atoms with Gasteiger partial charge in [0, 0.05) is 13.2 Å². The second kappa shape index (κ2) is 12.6. The number of nitrogens with zero attached hydrogens (tertiary/aromatic N) is 3. The summed E-state index contributed by atoms with van der Waals surface area (Å²) in [7, 11) is -2.57. The Morgan fingerprint density at radius 2 is 1.57 bits per heavy atom. The minimum atomic E-state index is -2.57. The summed E-state index contributed by atoms with van der Waals surface area (Å²) >= 11 is 3.45. The fourth-order valence-corrected chi connectivity index (χ4v) is 10.4. The van der Waals surface area contributed by atoms with Gasteiger partial charge in [-0.25, -0.2) is 4.79 Å². The van der Waals surface area contributed by atoms with Gasteiger partial charge in [-0.3, -0.25) is 9.58 Å². The second-order valence-corrected chi connectivity index (χ2v) is 17.5. The van der Waals surface area contributed by atoms with E-state index in [1.165, 1.54) is 10.4 Å². The molecule has 0 bridgehead atoms. The third-order valence-electron chi connectivity index (χ3n) is 7.10. The number of amides is 1. The van der Waals surface area contributed by atoms with Gasteiger partial charge < -0.3 is 13.9 Å². The monoisotopic (exact) mass is 627 g/mol. The highest BCUT2D eigenvalue weighted by molar-refractivity contribution is 9.10. The van der Waals surface area contributed by atoms with Crippen LogP contribution in [0.15, 0.2) is 71.3 Å². The van der Waals surface area contributed by atoms with Crippen LogP contribution in [0.3, 0.4) is 0 Å². The molecule has 0 saturated carbocycles. The van der Waals surface area contributed by atoms with E-state index in [0.29, 0.717) is 32.9 Å². The third-order valence-corrected chi connectivity index (χ3v) is 12.5. The molecular formula is C31H42BrN3O4Si. The molecule has 40 heavy (non-hydrogen) atoms. The molecule has 0 aliphatic carbocycles. The van der Waals surface area contributed by atoms with Crippen LogP contribution < -0.4 is 10.4 Å². The number of hydrogen-bond acceptors (Lipinski definition) is 5. The van der Waals surface area contributed by atoms with Gasteiger partial charge in [-0.1, -0.05) is 81.4 Å². The van der Waals surface area contributed by atoms with Gasteiger partial charge in [0.05, 0.1) is 31.4 Å². The fourth-order valence-electron chi connectivity index (χ4n) is 5.35. The number of carbonyl (C=O) groups is 1. The maximum atomic E-state index is 13.0. The molecule has 0 N–H and O–H groups in total. The van der Waals surface area contributed by atoms with E-state index < -0.39 is 13.9 Å². The van der Waals surface area contributed by atoms with Crippen molar-refractivity contribution in [2.45, 2.75) is 77.7 Å². The zero-order valence-corrected chi connectivity index (χ0v) is 27.1. The van der Waals surface area contributed by atoms with Gasteiger partial charge in [-0.2, -0.15) is 5.10 Å². The molecule has 7 nitrogen and oxygen atoms in total. The van der Waals surface area contributed by atoms with E-state index in [-0.39, 0.29) is 17.2 Å². The number of carbonyl (C=O) groups excluding carboxylic acids is 1. The van der Waals surface area contributed by atoms with Crippen molar-refractivity contribution in [2.24, 2.45) is 0 Å². The van der Waals surface area contributed by atoms with Crippen molar-refractivity contribution < 1.29 is 18.7 Å². The molecule has 0 saturated heterocycles. The van der Waals surface area contributed by atoms with Crippen molar-refractivity contribution in [3.63, 3.8) is 0 Å². The highest BCUT2D eigenvalue weighted by Crippen LogP contribution is 2.36. The molecule has 216 valence electrons. The smallest absolute Gasteiger partial charge is 0.411 e. The predicted molar refractivity (Wildman–Crippen MR) is 165 cm³/mol. The number of ether oxygens (including phenoxy) is 2. The van der Waals surface area contributed by atoms with E-state index in [4.69, 9.17) is 13.9 Å². The van der Waals surface area contributed by atoms with Crippen molar-refractivity contribution in [1.29, 1.82) is 0 Å². The molecule has 1 amide bonds. The quantitative estimate of drug-likeness (QED) is 0.223. The van der Waals surface area contributed by atoms with Crippen LogP contribution in [0.1, 0.15) is 53.7 Å². The topological polar surface area (TPSA) is 65.8 Å². The molecular weight excluding hydrogens is 586 g/mol. The van der Waals surface area contributed by atoms with Crippen molar-refractivity contribution in [3.8, 4) is 0 Å². The van der Waals surface area contributed by atoms with E-state index in [9.17, 15) is 4.79 Å². The number of halogens is 1. The Labute approximate surface area is 248 Å². The van der Waals surface area contributed by atoms with E-state index in [1.54, 1.807) is 4.90 Å². The predicted octanol–water partition coefficient (Wildman–Crippen LogP) is 5.75. The molecule has 0 radical (unpaired) electrons. The van der Waals surface area contributed by atoms with Crippen molar-refractivity contribution in [2.75, 3.05) is 19.8 Å². The van der Waals surface area contributed by atoms with Gasteiger partial charge in [-0.05, 0) is 64.6 Å². The van der Waals surface area contributed by atoms with Crippen molar-refractivity contribution in [3.05, 3.63) is 77.0 Å². The van der Waals surface area contributed by atoms with Gasteiger partial charge in [0.15, 0.2) is 0 Å². The molecule has 1 atom stereocenters. The van der Waals surface area contributed by atoms with Gasteiger partial charge in [0.25, 0.3) is 8.32 Å². The molecule has 2 heterocycles. The first-order valence-electron chi connectivity index (χ1n) is 14.0. The van der Waals surface area contributed by atoms with E-state index in [2.05, 4.69) is 102 Å². The van der Waals surface area contributed by atoms with Crippen LogP contribution in [-0.4, -0.2) is 60.6 Å². The van der Waals surface area contributed by atoms with E-state index >= 15 is 0 Å². The molecule has 0 unspecified atom stereocenters. The molecule has 0 fully saturated rings. The van der Waals surface area contributed by atoms with Gasteiger partial charge >= 0.3 is 6.09 Å². The summed E-state index contributed by atoms with van der Waals surface area (Å²) in [6, 6.07) is 23.1. The fraction of sp³-hybridized carbons (Fsp3) is 0.484. The summed E-state index contributed by atoms with van der Waals surface area (Å²) in [4.78, 5) is 14.8. The zero-order valence-electron chi connectivity index (χ0n) is 24.5. The van der Waals surface area contributed by atoms with Crippen molar-refractivity contribution in [1.82, 2.24) is 14.7 Å². The largest absolute Gasteiger partial charge is 0.444 e. The third kappa shape index (κ3) is 7.05. The van der Waals surface area contributed by atoms with Gasteiger partial charge in [0.2, 0.25) is 0 Å². The Kier molecular flexibility index (Phi) is 9.60. The van der Waals surface area contributed by atoms with Gasteiger partial charge in [-0.15, -0.1) is 0 Å². The Hall–Kier alpha value is -2.46. The summed E-state index contributed by atoms with van der Waals surface area (Å²) in [5, 5.41) is 6.99. The van der Waals surface area contributed by atoms with Crippen LogP contribution in [0.4, 0.5) is 4.79 Å². The SMILES string of the molecule is CC(C)(C)OC(=O)N1Cc2cc(Br)nn2C[C@H]1COCCCO[Si](c1ccccc1)(c1ccccc1)C(C)(C)C. The van der Waals surface area contributed by atoms with E-state index in [0.717, 1.165) is 16.7 Å². The van der Waals surface area contributed by atoms with Crippen LogP contribution in [-0.2, 0) is 27.0 Å². The number of fused-ring (bicyclic) bond motifs is 1. The van der Waals surface area contributed by atoms with E-state index in [1.807, 2.05) is 31.5 Å². The summed E-state index contributed by atoms with van der Waals surface area (Å²) in [5.74, 6) is 0. The first kappa shape index (κ1) is 30.5. The molecule has 1 aliphatic heterocycles. The maximum absolute atomic E-state index is 13.0. The Bertz CT molecular complexity index is 1220. The standard InChI is InChI=1S/C31H42BrN3O4Si/c1-30(2,3)39-29(36)34-21-24-20-28(32)33-35(24)22-25(34)23-37-18-13-19-38-40(31(4,5)6,26-14-9-7-10-15-26)27-16-11-8-12-17-27/h7-12,14-17,20,25H,13,18-19,21-23H2,1-6H3/t25-/m0/s1. The summed E-state index contributed by atoms with van der Waals surface area (Å²) in [5.41, 5.74) is 0.395. The Morgan fingerprint density at radius 1 is 0.975 bits per heavy atom. The van der Waals surface area contributed by atoms with Crippen LogP contribution >= 0.6 is 15.9 Å². The lowest BCUT2D eigenvalue weighted by Crippen LogP contribution is -2.66. The first-order chi connectivity index (χ1) is 18.9. The minimum absolute atomic E-state index is 0.0671. The Morgan fingerprint density at radius 3 is 2.12 bits per heavy atom. The molecule has 0 spiro atoms. The van der Waals surface area contributed by atoms with Crippen molar-refractivity contribution >= 4 is 40.7 Å². The van der Waals surface area contributed by atoms with Crippen LogP contribution in [0, 0.1) is 0 Å². The lowest BCUT2D eigenvalue weighted by molar-refractivity contribution is -0.0128. The average molecular weight is 629 g/mol. The number of rotatable bonds is 9. The zero-order chi connectivity index (χ0) is 29.0. The first-order valence-corrected chi connectivity index (χ1v) is 16.7. The van der Waals surface area contributed by atoms with Crippen LogP contribution in [0.2, 0.25) is 5.04 Å². The highest BCUT2D eigenvalue weighted by Gasteiger charge is 2.50. The molecule has 4 rings (SSSR count). The lowest BCUT2D eigenvalue weighted by Gasteiger charge is -2.43. The summed E-state index contributed by atoms with van der Waals surface area (Å²) in [6.45, 7) is 15.0. The molecule has 9 heteroatoms. The average Bonchev–Trinajstić information content (AvgIpc) is 3.26. The maximum Gasteiger partial charge on any atom is 0.411 e. The second-order valence-electron chi connectivity index (χ2n) is 12.3. The molecule has 1 aromatic heterocycles. The lowest BCUT2D eigenvalue weighted by atomic mass is 10.2. The Balaban J connectivity index is 1.41. The van der Waals surface area contributed by atoms with Gasteiger partial charge in [0.1, 0.15) is 10.2 Å². The molecule has 3 aromatic rings. The summed E-state index contributed by atoms with van der Waals surface area (Å²) < 4.78 is 21.5. The van der Waals surface area contributed by atoms with Crippen LogP contribution in [0.25, 0.3) is 0 Å². The number of benzene rings is 2. The highest BCUT2D eigenvalue weighted by atomic mass is 79.9.